The monoisotopic (exact) mass is 421 g/mol. The number of rotatable bonds is 7. The number of nitrogens with zero attached hydrogens (tertiary/aromatic N) is 3. The molecule has 1 saturated carbocycles. The molecule has 0 bridgehead atoms. The number of carbonyl (C=O) groups is 2. The van der Waals surface area contributed by atoms with Gasteiger partial charge in [-0.05, 0) is 57.0 Å². The standard InChI is InChI=1S/C21H25Cl2N3O2/c1-14(2)25(21(28)15-6-9-18(22)19(23)11-15)13-20(27)26(16-7-8-16)12-17-5-4-10-24(17)3/h4-6,9-11,14,16H,7-8,12-13H2,1-3H3. The fourth-order valence-corrected chi connectivity index (χ4v) is 3.46. The Morgan fingerprint density at radius 2 is 1.89 bits per heavy atom. The summed E-state index contributed by atoms with van der Waals surface area (Å²) in [5, 5.41) is 0.721. The number of aryl methyl sites for hydroxylation is 1. The van der Waals surface area contributed by atoms with Crippen LogP contribution in [0.2, 0.25) is 10.0 Å². The SMILES string of the molecule is CC(C)N(CC(=O)N(Cc1cccn1C)C1CC1)C(=O)c1ccc(Cl)c(Cl)c1. The Labute approximate surface area is 175 Å². The summed E-state index contributed by atoms with van der Waals surface area (Å²) in [5.74, 6) is -0.262. The van der Waals surface area contributed by atoms with Gasteiger partial charge in [-0.2, -0.15) is 0 Å². The highest BCUT2D eigenvalue weighted by Crippen LogP contribution is 2.29. The Balaban J connectivity index is 1.76. The quantitative estimate of drug-likeness (QED) is 0.665. The van der Waals surface area contributed by atoms with Gasteiger partial charge >= 0.3 is 0 Å². The summed E-state index contributed by atoms with van der Waals surface area (Å²) in [6.07, 6.45) is 4.00. The first-order valence-corrected chi connectivity index (χ1v) is 10.2. The third-order valence-electron chi connectivity index (χ3n) is 5.05. The summed E-state index contributed by atoms with van der Waals surface area (Å²) >= 11 is 12.0. The maximum atomic E-state index is 13.1. The molecule has 1 aromatic carbocycles. The van der Waals surface area contributed by atoms with Crippen LogP contribution in [0.1, 0.15) is 42.7 Å². The molecule has 0 N–H and O–H groups in total. The van der Waals surface area contributed by atoms with Gasteiger partial charge in [0.2, 0.25) is 5.91 Å². The number of hydrogen-bond acceptors (Lipinski definition) is 2. The molecule has 1 aromatic heterocycles. The lowest BCUT2D eigenvalue weighted by atomic mass is 10.1. The second kappa shape index (κ2) is 8.58. The predicted octanol–water partition coefficient (Wildman–Crippen LogP) is 4.37. The van der Waals surface area contributed by atoms with Crippen molar-refractivity contribution < 1.29 is 9.59 Å². The molecular formula is C21H25Cl2N3O2. The Morgan fingerprint density at radius 1 is 1.18 bits per heavy atom. The minimum atomic E-state index is -0.225. The Kier molecular flexibility index (Phi) is 6.36. The van der Waals surface area contributed by atoms with Crippen LogP contribution in [-0.4, -0.2) is 44.8 Å². The van der Waals surface area contributed by atoms with Crippen molar-refractivity contribution in [2.45, 2.75) is 45.3 Å². The van der Waals surface area contributed by atoms with Crippen molar-refractivity contribution in [1.82, 2.24) is 14.4 Å². The lowest BCUT2D eigenvalue weighted by molar-refractivity contribution is -0.133. The van der Waals surface area contributed by atoms with Gasteiger partial charge < -0.3 is 14.4 Å². The van der Waals surface area contributed by atoms with Gasteiger partial charge in [0.05, 0.1) is 16.6 Å². The Morgan fingerprint density at radius 3 is 2.43 bits per heavy atom. The Hall–Kier alpha value is -1.98. The maximum Gasteiger partial charge on any atom is 0.254 e. The van der Waals surface area contributed by atoms with Crippen LogP contribution in [0.5, 0.6) is 0 Å². The summed E-state index contributed by atoms with van der Waals surface area (Å²) in [7, 11) is 1.97. The predicted molar refractivity (Wildman–Crippen MR) is 112 cm³/mol. The molecule has 2 aromatic rings. The topological polar surface area (TPSA) is 45.6 Å². The molecule has 1 heterocycles. The van der Waals surface area contributed by atoms with E-state index >= 15 is 0 Å². The first kappa shape index (κ1) is 20.7. The highest BCUT2D eigenvalue weighted by Gasteiger charge is 2.34. The fraction of sp³-hybridized carbons (Fsp3) is 0.429. The van der Waals surface area contributed by atoms with Crippen molar-refractivity contribution in [2.24, 2.45) is 7.05 Å². The fourth-order valence-electron chi connectivity index (χ4n) is 3.16. The molecule has 150 valence electrons. The van der Waals surface area contributed by atoms with Gasteiger partial charge in [0.1, 0.15) is 6.54 Å². The van der Waals surface area contributed by atoms with Gasteiger partial charge in [-0.15, -0.1) is 0 Å². The van der Waals surface area contributed by atoms with E-state index in [1.165, 1.54) is 0 Å². The molecule has 1 aliphatic rings. The lowest BCUT2D eigenvalue weighted by Crippen LogP contribution is -2.46. The minimum absolute atomic E-state index is 0.0363. The van der Waals surface area contributed by atoms with E-state index in [0.717, 1.165) is 18.5 Å². The molecule has 0 atom stereocenters. The zero-order valence-corrected chi connectivity index (χ0v) is 17.9. The average Bonchev–Trinajstić information content (AvgIpc) is 3.41. The van der Waals surface area contributed by atoms with Crippen molar-refractivity contribution in [3.8, 4) is 0 Å². The first-order chi connectivity index (χ1) is 13.3. The van der Waals surface area contributed by atoms with Crippen LogP contribution in [-0.2, 0) is 18.4 Å². The highest BCUT2D eigenvalue weighted by atomic mass is 35.5. The summed E-state index contributed by atoms with van der Waals surface area (Å²) in [4.78, 5) is 29.6. The van der Waals surface area contributed by atoms with E-state index in [1.54, 1.807) is 23.1 Å². The van der Waals surface area contributed by atoms with Crippen molar-refractivity contribution in [1.29, 1.82) is 0 Å². The second-order valence-electron chi connectivity index (χ2n) is 7.52. The zero-order valence-electron chi connectivity index (χ0n) is 16.4. The highest BCUT2D eigenvalue weighted by molar-refractivity contribution is 6.42. The van der Waals surface area contributed by atoms with Gasteiger partial charge in [0.25, 0.3) is 5.91 Å². The van der Waals surface area contributed by atoms with Crippen molar-refractivity contribution in [2.75, 3.05) is 6.54 Å². The summed E-state index contributed by atoms with van der Waals surface area (Å²) in [6, 6.07) is 8.92. The van der Waals surface area contributed by atoms with E-state index in [4.69, 9.17) is 23.2 Å². The number of carbonyl (C=O) groups excluding carboxylic acids is 2. The van der Waals surface area contributed by atoms with Crippen LogP contribution in [0.3, 0.4) is 0 Å². The van der Waals surface area contributed by atoms with Gasteiger partial charge in [-0.1, -0.05) is 23.2 Å². The molecule has 1 fully saturated rings. The Bertz CT molecular complexity index is 874. The molecule has 5 nitrogen and oxygen atoms in total. The van der Waals surface area contributed by atoms with Crippen molar-refractivity contribution in [3.05, 3.63) is 57.8 Å². The van der Waals surface area contributed by atoms with E-state index in [9.17, 15) is 9.59 Å². The largest absolute Gasteiger partial charge is 0.353 e. The number of amides is 2. The maximum absolute atomic E-state index is 13.1. The second-order valence-corrected chi connectivity index (χ2v) is 8.33. The van der Waals surface area contributed by atoms with Crippen LogP contribution in [0.4, 0.5) is 0 Å². The first-order valence-electron chi connectivity index (χ1n) is 9.43. The van der Waals surface area contributed by atoms with Crippen molar-refractivity contribution in [3.63, 3.8) is 0 Å². The molecule has 0 radical (unpaired) electrons. The molecule has 7 heteroatoms. The number of aromatic nitrogens is 1. The number of hydrogen-bond donors (Lipinski definition) is 0. The number of benzene rings is 1. The van der Waals surface area contributed by atoms with E-state index in [1.807, 2.05) is 48.7 Å². The average molecular weight is 422 g/mol. The van der Waals surface area contributed by atoms with Crippen LogP contribution >= 0.6 is 23.2 Å². The molecule has 0 aliphatic heterocycles. The van der Waals surface area contributed by atoms with Gasteiger partial charge in [-0.25, -0.2) is 0 Å². The van der Waals surface area contributed by atoms with E-state index in [-0.39, 0.29) is 30.4 Å². The smallest absolute Gasteiger partial charge is 0.254 e. The molecule has 28 heavy (non-hydrogen) atoms. The van der Waals surface area contributed by atoms with Crippen LogP contribution in [0, 0.1) is 0 Å². The van der Waals surface area contributed by atoms with Crippen LogP contribution in [0.25, 0.3) is 0 Å². The summed E-state index contributed by atoms with van der Waals surface area (Å²) in [5.41, 5.74) is 1.50. The summed E-state index contributed by atoms with van der Waals surface area (Å²) in [6.45, 7) is 4.40. The minimum Gasteiger partial charge on any atom is -0.353 e. The molecular weight excluding hydrogens is 397 g/mol. The van der Waals surface area contributed by atoms with E-state index in [0.29, 0.717) is 22.2 Å². The lowest BCUT2D eigenvalue weighted by Gasteiger charge is -2.30. The van der Waals surface area contributed by atoms with Gasteiger partial charge in [0.15, 0.2) is 0 Å². The summed E-state index contributed by atoms with van der Waals surface area (Å²) < 4.78 is 2.02. The van der Waals surface area contributed by atoms with Gasteiger partial charge in [-0.3, -0.25) is 9.59 Å². The van der Waals surface area contributed by atoms with E-state index < -0.39 is 0 Å². The number of halogens is 2. The van der Waals surface area contributed by atoms with Gasteiger partial charge in [0, 0.05) is 36.6 Å². The third kappa shape index (κ3) is 4.70. The molecule has 0 unspecified atom stereocenters. The molecule has 0 saturated heterocycles. The van der Waals surface area contributed by atoms with Crippen LogP contribution < -0.4 is 0 Å². The molecule has 3 rings (SSSR count). The van der Waals surface area contributed by atoms with Crippen LogP contribution in [0.15, 0.2) is 36.5 Å². The molecule has 2 amide bonds. The molecule has 0 spiro atoms. The zero-order chi connectivity index (χ0) is 20.4. The normalized spacial score (nSPS) is 13.6. The molecule has 1 aliphatic carbocycles. The van der Waals surface area contributed by atoms with Crippen molar-refractivity contribution >= 4 is 35.0 Å². The third-order valence-corrected chi connectivity index (χ3v) is 5.79. The van der Waals surface area contributed by atoms with E-state index in [2.05, 4.69) is 0 Å².